The molecule has 7 nitrogen and oxygen atoms in total. The second kappa shape index (κ2) is 8.11. The van der Waals surface area contributed by atoms with E-state index >= 15 is 0 Å². The molecule has 0 bridgehead atoms. The average molecular weight is 354 g/mol. The summed E-state index contributed by atoms with van der Waals surface area (Å²) in [5, 5.41) is 22.0. The van der Waals surface area contributed by atoms with Gasteiger partial charge in [-0.15, -0.1) is 0 Å². The number of allylic oxidation sites excluding steroid dienone is 1. The summed E-state index contributed by atoms with van der Waals surface area (Å²) >= 11 is 0. The van der Waals surface area contributed by atoms with Gasteiger partial charge in [-0.05, 0) is 12.8 Å². The van der Waals surface area contributed by atoms with Gasteiger partial charge in [0.15, 0.2) is 0 Å². The molecule has 1 aliphatic carbocycles. The van der Waals surface area contributed by atoms with Crippen LogP contribution in [0.5, 0.6) is 0 Å². The van der Waals surface area contributed by atoms with Crippen LogP contribution in [0, 0.1) is 10.8 Å². The molecule has 2 atom stereocenters. The number of carbonyl (C=O) groups excluding carboxylic acids is 2. The largest absolute Gasteiger partial charge is 1.00 e. The van der Waals surface area contributed by atoms with Crippen molar-refractivity contribution >= 4 is 22.1 Å². The van der Waals surface area contributed by atoms with Gasteiger partial charge < -0.3 is 19.8 Å². The maximum atomic E-state index is 11.1. The fraction of sp³-hybridized carbons (Fsp3) is 0.600. The van der Waals surface area contributed by atoms with E-state index in [9.17, 15) is 28.2 Å². The second-order valence-corrected chi connectivity index (χ2v) is 6.47. The Morgan fingerprint density at radius 3 is 1.95 bits per heavy atom. The summed E-state index contributed by atoms with van der Waals surface area (Å²) in [5.74, 6) is -3.19. The Hall–Kier alpha value is 1.86. The molecule has 0 heterocycles. The van der Waals surface area contributed by atoms with Gasteiger partial charge in [0.2, 0.25) is 0 Å². The van der Waals surface area contributed by atoms with Gasteiger partial charge in [0.25, 0.3) is 10.1 Å². The summed E-state index contributed by atoms with van der Waals surface area (Å²) in [6.07, 6.45) is -0.0664. The molecule has 1 N–H and O–H groups in total. The molecule has 1 rings (SSSR count). The number of carbonyl (C=O) groups is 2. The topological polar surface area (TPSA) is 135 Å². The van der Waals surface area contributed by atoms with Crippen LogP contribution in [-0.4, -0.2) is 24.9 Å². The average Bonchev–Trinajstić information content (AvgIpc) is 2.14. The molecule has 0 saturated heterocycles. The molecule has 0 aromatic carbocycles. The molecule has 0 saturated carbocycles. The molecular weight excluding hydrogens is 342 g/mol. The van der Waals surface area contributed by atoms with Crippen molar-refractivity contribution in [3.63, 3.8) is 0 Å². The van der Waals surface area contributed by atoms with Gasteiger partial charge >= 0.3 is 103 Å². The minimum Gasteiger partial charge on any atom is -0.550 e. The normalized spacial score (nSPS) is 29.4. The van der Waals surface area contributed by atoms with Crippen LogP contribution in [0.4, 0.5) is 0 Å². The molecule has 102 valence electrons. The minimum atomic E-state index is -4.66. The van der Waals surface area contributed by atoms with Gasteiger partial charge in [-0.2, -0.15) is 8.42 Å². The monoisotopic (exact) mass is 354 g/mol. The number of hydrogen-bond acceptors (Lipinski definition) is 6. The zero-order valence-electron chi connectivity index (χ0n) is 11.8. The van der Waals surface area contributed by atoms with Crippen LogP contribution in [0.15, 0.2) is 11.0 Å². The van der Waals surface area contributed by atoms with Crippen molar-refractivity contribution in [1.29, 1.82) is 0 Å². The molecule has 0 aliphatic heterocycles. The van der Waals surface area contributed by atoms with E-state index in [1.165, 1.54) is 6.92 Å². The third kappa shape index (κ3) is 5.49. The van der Waals surface area contributed by atoms with Gasteiger partial charge in [-0.25, -0.2) is 0 Å². The Morgan fingerprint density at radius 2 is 1.65 bits per heavy atom. The van der Waals surface area contributed by atoms with Crippen molar-refractivity contribution < 1.29 is 136 Å². The number of rotatable bonds is 3. The number of aliphatic carboxylic acids is 2. The van der Waals surface area contributed by atoms with Gasteiger partial charge in [0.05, 0.1) is 10.9 Å². The minimum absolute atomic E-state index is 0. The van der Waals surface area contributed by atoms with E-state index in [1.54, 1.807) is 0 Å². The van der Waals surface area contributed by atoms with Crippen molar-refractivity contribution in [2.24, 2.45) is 10.8 Å². The van der Waals surface area contributed by atoms with E-state index in [4.69, 9.17) is 4.55 Å². The Morgan fingerprint density at radius 1 is 1.20 bits per heavy atom. The summed E-state index contributed by atoms with van der Waals surface area (Å²) in [4.78, 5) is 21.4. The third-order valence-corrected chi connectivity index (χ3v) is 4.02. The summed E-state index contributed by atoms with van der Waals surface area (Å²) in [6, 6.07) is 0. The summed E-state index contributed by atoms with van der Waals surface area (Å²) in [7, 11) is -4.66. The molecule has 0 radical (unpaired) electrons. The first kappa shape index (κ1) is 24.1. The maximum absolute atomic E-state index is 11.1. The fourth-order valence-electron chi connectivity index (χ4n) is 2.16. The van der Waals surface area contributed by atoms with Crippen molar-refractivity contribution in [2.45, 2.75) is 26.7 Å². The molecule has 0 aromatic heterocycles. The van der Waals surface area contributed by atoms with Gasteiger partial charge in [0.1, 0.15) is 0 Å². The zero-order valence-corrected chi connectivity index (χ0v) is 18.9. The Balaban J connectivity index is 0. The van der Waals surface area contributed by atoms with Gasteiger partial charge in [-0.3, -0.25) is 4.55 Å². The number of carboxylic acids is 2. The fourth-order valence-corrected chi connectivity index (χ4v) is 3.07. The van der Waals surface area contributed by atoms with Crippen LogP contribution in [-0.2, 0) is 19.7 Å². The van der Waals surface area contributed by atoms with Crippen LogP contribution >= 0.6 is 0 Å². The quantitative estimate of drug-likeness (QED) is 0.393. The van der Waals surface area contributed by atoms with Crippen LogP contribution < -0.4 is 113 Å². The SMILES string of the molecule is CC1(C(=O)[O-])C=C(S(=O)(=O)O)CC(C)(C(=O)[O-])C1.[K+].[K+]. The first-order chi connectivity index (χ1) is 7.91. The van der Waals surface area contributed by atoms with Crippen LogP contribution in [0.25, 0.3) is 0 Å². The third-order valence-electron chi connectivity index (χ3n) is 3.09. The van der Waals surface area contributed by atoms with Crippen molar-refractivity contribution in [3.05, 3.63) is 11.0 Å². The maximum Gasteiger partial charge on any atom is 1.00 e. The van der Waals surface area contributed by atoms with Gasteiger partial charge in [-0.1, -0.05) is 19.9 Å². The zero-order chi connectivity index (χ0) is 14.4. The summed E-state index contributed by atoms with van der Waals surface area (Å²) in [5.41, 5.74) is -3.49. The standard InChI is InChI=1S/C10H14O7S.2K/c1-9(7(11)12)3-6(18(15,16)17)4-10(2,5-9)8(13)14;;/h3H,4-5H2,1-2H3,(H,11,12)(H,13,14)(H,15,16,17);;/q;2*+1/p-2. The smallest absolute Gasteiger partial charge is 0.550 e. The first-order valence-electron chi connectivity index (χ1n) is 5.03. The molecule has 0 aromatic rings. The van der Waals surface area contributed by atoms with Crippen molar-refractivity contribution in [3.8, 4) is 0 Å². The predicted octanol–water partition coefficient (Wildman–Crippen LogP) is -7.93. The summed E-state index contributed by atoms with van der Waals surface area (Å²) in [6.45, 7) is 2.30. The molecule has 1 aliphatic rings. The van der Waals surface area contributed by atoms with Crippen LogP contribution in [0.2, 0.25) is 0 Å². The second-order valence-electron chi connectivity index (χ2n) is 4.99. The van der Waals surface area contributed by atoms with Crippen LogP contribution in [0.1, 0.15) is 26.7 Å². The number of carboxylic acid groups (broad SMARTS) is 2. The van der Waals surface area contributed by atoms with Crippen molar-refractivity contribution in [2.75, 3.05) is 0 Å². The molecule has 10 heteroatoms. The van der Waals surface area contributed by atoms with E-state index in [1.807, 2.05) is 0 Å². The molecule has 0 fully saturated rings. The Kier molecular flexibility index (Phi) is 9.78. The molecule has 0 spiro atoms. The molecule has 20 heavy (non-hydrogen) atoms. The molecule has 2 unspecified atom stereocenters. The predicted molar refractivity (Wildman–Crippen MR) is 55.1 cm³/mol. The molecule has 0 amide bonds. The first-order valence-corrected chi connectivity index (χ1v) is 6.47. The van der Waals surface area contributed by atoms with Crippen molar-refractivity contribution in [1.82, 2.24) is 0 Å². The Labute approximate surface area is 202 Å². The Bertz CT molecular complexity index is 542. The van der Waals surface area contributed by atoms with Gasteiger partial charge in [0, 0.05) is 16.8 Å². The van der Waals surface area contributed by atoms with E-state index in [0.717, 1.165) is 13.0 Å². The molecular formula is C10H12K2O7S. The summed E-state index contributed by atoms with van der Waals surface area (Å²) < 4.78 is 31.1. The van der Waals surface area contributed by atoms with E-state index in [0.29, 0.717) is 0 Å². The van der Waals surface area contributed by atoms with E-state index in [2.05, 4.69) is 0 Å². The van der Waals surface area contributed by atoms with E-state index in [-0.39, 0.29) is 109 Å². The number of hydrogen-bond donors (Lipinski definition) is 1. The van der Waals surface area contributed by atoms with Crippen LogP contribution in [0.3, 0.4) is 0 Å². The van der Waals surface area contributed by atoms with E-state index < -0.39 is 44.2 Å².